The van der Waals surface area contributed by atoms with Crippen LogP contribution in [-0.4, -0.2) is 75.0 Å². The summed E-state index contributed by atoms with van der Waals surface area (Å²) in [6, 6.07) is 11.0. The van der Waals surface area contributed by atoms with Crippen LogP contribution >= 0.6 is 0 Å². The first-order valence-electron chi connectivity index (χ1n) is 13.6. The number of carbonyl (C=O) groups excluding carboxylic acids is 1. The predicted octanol–water partition coefficient (Wildman–Crippen LogP) is 4.95. The summed E-state index contributed by atoms with van der Waals surface area (Å²) < 4.78 is 21.6. The monoisotopic (exact) mass is 542 g/mol. The van der Waals surface area contributed by atoms with Gasteiger partial charge in [0, 0.05) is 31.6 Å². The van der Waals surface area contributed by atoms with Gasteiger partial charge in [0.25, 0.3) is 0 Å². The molecule has 0 bridgehead atoms. The van der Waals surface area contributed by atoms with Crippen LogP contribution in [0.2, 0.25) is 0 Å². The SMILES string of the molecule is CCCCN(C=O)CCCC.COc1ccc(C2C(C(=O)O)C(c3ccc4c(c3)OCO4)CN2C)cc1OC. The molecule has 0 radical (unpaired) electrons. The lowest BCUT2D eigenvalue weighted by Crippen LogP contribution is -2.26. The Morgan fingerprint density at radius 2 is 1.64 bits per heavy atom. The number of hydrogen-bond donors (Lipinski definition) is 1. The number of carboxylic acid groups (broad SMARTS) is 1. The quantitative estimate of drug-likeness (QED) is 0.377. The second-order valence-corrected chi connectivity index (χ2v) is 9.93. The van der Waals surface area contributed by atoms with E-state index < -0.39 is 11.9 Å². The highest BCUT2D eigenvalue weighted by molar-refractivity contribution is 5.74. The number of methoxy groups -OCH3 is 2. The molecule has 3 atom stereocenters. The van der Waals surface area contributed by atoms with Crippen molar-refractivity contribution in [1.29, 1.82) is 0 Å². The van der Waals surface area contributed by atoms with E-state index in [1.54, 1.807) is 14.2 Å². The van der Waals surface area contributed by atoms with E-state index in [1.807, 2.05) is 48.3 Å². The number of hydrogen-bond acceptors (Lipinski definition) is 7. The lowest BCUT2D eigenvalue weighted by atomic mass is 9.82. The van der Waals surface area contributed by atoms with Crippen LogP contribution in [0.1, 0.15) is 62.6 Å². The fourth-order valence-corrected chi connectivity index (χ4v) is 5.23. The number of carbonyl (C=O) groups is 2. The third kappa shape index (κ3) is 7.35. The molecule has 4 rings (SSSR count). The molecule has 2 heterocycles. The number of nitrogens with zero attached hydrogens (tertiary/aromatic N) is 2. The number of unbranched alkanes of at least 4 members (excludes halogenated alkanes) is 2. The summed E-state index contributed by atoms with van der Waals surface area (Å²) in [6.07, 6.45) is 5.54. The van der Waals surface area contributed by atoms with Crippen molar-refractivity contribution in [3.8, 4) is 23.0 Å². The minimum absolute atomic E-state index is 0.171. The van der Waals surface area contributed by atoms with Gasteiger partial charge >= 0.3 is 5.97 Å². The number of benzene rings is 2. The Labute approximate surface area is 231 Å². The first-order chi connectivity index (χ1) is 18.9. The minimum Gasteiger partial charge on any atom is -0.493 e. The van der Waals surface area contributed by atoms with Gasteiger partial charge in [-0.1, -0.05) is 38.8 Å². The fourth-order valence-electron chi connectivity index (χ4n) is 5.23. The van der Waals surface area contributed by atoms with E-state index in [9.17, 15) is 14.7 Å². The summed E-state index contributed by atoms with van der Waals surface area (Å²) in [5.74, 6) is 0.956. The first-order valence-corrected chi connectivity index (χ1v) is 13.6. The highest BCUT2D eigenvalue weighted by Crippen LogP contribution is 2.48. The van der Waals surface area contributed by atoms with Crippen molar-refractivity contribution in [2.75, 3.05) is 47.7 Å². The van der Waals surface area contributed by atoms with Crippen LogP contribution in [-0.2, 0) is 9.59 Å². The smallest absolute Gasteiger partial charge is 0.309 e. The van der Waals surface area contributed by atoms with E-state index in [4.69, 9.17) is 18.9 Å². The largest absolute Gasteiger partial charge is 0.493 e. The lowest BCUT2D eigenvalue weighted by Gasteiger charge is -2.25. The standard InChI is InChI=1S/C21H23NO6.C9H19NO/c1-22-10-14(12-4-7-16-18(8-12)28-11-27-16)19(21(23)24)20(22)13-5-6-15(25-2)17(9-13)26-3;1-3-5-7-10(9-11)8-6-4-2/h4-9,14,19-20H,10-11H2,1-3H3,(H,23,24);9H,3-8H2,1-2H3. The van der Waals surface area contributed by atoms with E-state index in [2.05, 4.69) is 18.7 Å². The van der Waals surface area contributed by atoms with Crippen molar-refractivity contribution in [1.82, 2.24) is 9.80 Å². The van der Waals surface area contributed by atoms with Gasteiger partial charge in [-0.2, -0.15) is 0 Å². The molecule has 39 heavy (non-hydrogen) atoms. The summed E-state index contributed by atoms with van der Waals surface area (Å²) >= 11 is 0. The molecule has 0 aliphatic carbocycles. The molecule has 3 unspecified atom stereocenters. The topological polar surface area (TPSA) is 97.8 Å². The maximum Gasteiger partial charge on any atom is 0.309 e. The van der Waals surface area contributed by atoms with E-state index in [0.29, 0.717) is 29.5 Å². The van der Waals surface area contributed by atoms with Gasteiger partial charge in [0.05, 0.1) is 20.1 Å². The predicted molar refractivity (Wildman–Crippen MR) is 149 cm³/mol. The zero-order valence-electron chi connectivity index (χ0n) is 23.7. The van der Waals surface area contributed by atoms with Gasteiger partial charge in [0.15, 0.2) is 23.0 Å². The molecule has 2 aliphatic heterocycles. The average Bonchev–Trinajstić information content (AvgIpc) is 3.57. The summed E-state index contributed by atoms with van der Waals surface area (Å²) in [5, 5.41) is 10.1. The molecular weight excluding hydrogens is 500 g/mol. The third-order valence-electron chi connectivity index (χ3n) is 7.34. The van der Waals surface area contributed by atoms with Crippen LogP contribution in [0, 0.1) is 5.92 Å². The molecule has 2 aromatic rings. The maximum absolute atomic E-state index is 12.3. The Kier molecular flexibility index (Phi) is 11.3. The average molecular weight is 543 g/mol. The van der Waals surface area contributed by atoms with E-state index >= 15 is 0 Å². The highest BCUT2D eigenvalue weighted by Gasteiger charge is 2.46. The molecule has 1 amide bonds. The van der Waals surface area contributed by atoms with Crippen LogP contribution in [0.25, 0.3) is 0 Å². The normalized spacial score (nSPS) is 19.7. The summed E-state index contributed by atoms with van der Waals surface area (Å²) in [5.41, 5.74) is 1.82. The molecule has 1 saturated heterocycles. The molecule has 1 N–H and O–H groups in total. The number of likely N-dealkylation sites (tertiary alicyclic amines) is 1. The van der Waals surface area contributed by atoms with Crippen LogP contribution in [0.3, 0.4) is 0 Å². The molecule has 0 saturated carbocycles. The number of carboxylic acids is 1. The Bertz CT molecular complexity index is 1080. The Morgan fingerprint density at radius 3 is 2.23 bits per heavy atom. The second kappa shape index (κ2) is 14.6. The number of amides is 1. The maximum atomic E-state index is 12.3. The zero-order chi connectivity index (χ0) is 28.4. The molecular formula is C30H42N2O7. The Morgan fingerprint density at radius 1 is 1.00 bits per heavy atom. The Balaban J connectivity index is 0.000000325. The minimum atomic E-state index is -0.827. The third-order valence-corrected chi connectivity index (χ3v) is 7.34. The van der Waals surface area contributed by atoms with Gasteiger partial charge in [0.1, 0.15) is 0 Å². The summed E-state index contributed by atoms with van der Waals surface area (Å²) in [6.45, 7) is 6.96. The zero-order valence-corrected chi connectivity index (χ0v) is 23.7. The van der Waals surface area contributed by atoms with Gasteiger partial charge in [0.2, 0.25) is 13.2 Å². The molecule has 1 fully saturated rings. The van der Waals surface area contributed by atoms with Crippen LogP contribution in [0.15, 0.2) is 36.4 Å². The highest BCUT2D eigenvalue weighted by atomic mass is 16.7. The number of ether oxygens (including phenoxy) is 4. The number of rotatable bonds is 12. The number of likely N-dealkylation sites (N-methyl/N-ethyl adjacent to an activating group) is 1. The van der Waals surface area contributed by atoms with Crippen molar-refractivity contribution >= 4 is 12.4 Å². The van der Waals surface area contributed by atoms with Gasteiger partial charge in [-0.05, 0) is 55.3 Å². The van der Waals surface area contributed by atoms with Crippen molar-refractivity contribution in [2.24, 2.45) is 5.92 Å². The fraction of sp³-hybridized carbons (Fsp3) is 0.533. The molecule has 9 heteroatoms. The number of aliphatic carboxylic acids is 1. The molecule has 0 spiro atoms. The molecule has 9 nitrogen and oxygen atoms in total. The van der Waals surface area contributed by atoms with E-state index in [0.717, 1.165) is 56.3 Å². The van der Waals surface area contributed by atoms with Crippen molar-refractivity contribution in [2.45, 2.75) is 51.5 Å². The first kappa shape index (κ1) is 30.1. The van der Waals surface area contributed by atoms with Crippen molar-refractivity contribution in [3.05, 3.63) is 47.5 Å². The van der Waals surface area contributed by atoms with E-state index in [1.165, 1.54) is 0 Å². The van der Waals surface area contributed by atoms with Crippen molar-refractivity contribution < 1.29 is 33.6 Å². The molecule has 2 aliphatic rings. The molecule has 0 aromatic heterocycles. The van der Waals surface area contributed by atoms with Gasteiger partial charge in [-0.3, -0.25) is 14.5 Å². The molecule has 2 aromatic carbocycles. The number of fused-ring (bicyclic) bond motifs is 1. The van der Waals surface area contributed by atoms with Crippen LogP contribution < -0.4 is 18.9 Å². The Hall–Kier alpha value is -3.46. The summed E-state index contributed by atoms with van der Waals surface area (Å²) in [7, 11) is 5.10. The second-order valence-electron chi connectivity index (χ2n) is 9.93. The van der Waals surface area contributed by atoms with Crippen molar-refractivity contribution in [3.63, 3.8) is 0 Å². The van der Waals surface area contributed by atoms with Gasteiger partial charge in [-0.25, -0.2) is 0 Å². The summed E-state index contributed by atoms with van der Waals surface area (Å²) in [4.78, 5) is 26.7. The van der Waals surface area contributed by atoms with Gasteiger partial charge < -0.3 is 29.0 Å². The van der Waals surface area contributed by atoms with Gasteiger partial charge in [-0.15, -0.1) is 0 Å². The van der Waals surface area contributed by atoms with E-state index in [-0.39, 0.29) is 18.8 Å². The lowest BCUT2D eigenvalue weighted by molar-refractivity contribution is -0.143. The van der Waals surface area contributed by atoms with Crippen LogP contribution in [0.5, 0.6) is 23.0 Å². The molecule has 214 valence electrons. The van der Waals surface area contributed by atoms with Crippen LogP contribution in [0.4, 0.5) is 0 Å².